The molecule has 6 heteroatoms. The van der Waals surface area contributed by atoms with Gasteiger partial charge in [0.15, 0.2) is 0 Å². The maximum atomic E-state index is 13.7. The summed E-state index contributed by atoms with van der Waals surface area (Å²) in [5.74, 6) is -0.588. The number of hydrogen-bond acceptors (Lipinski definition) is 4. The monoisotopic (exact) mass is 443 g/mol. The molecule has 0 spiro atoms. The summed E-state index contributed by atoms with van der Waals surface area (Å²) >= 11 is 0. The van der Waals surface area contributed by atoms with Crippen LogP contribution in [0.1, 0.15) is 51.2 Å². The second-order valence-corrected chi connectivity index (χ2v) is 10.3. The molecule has 0 bridgehead atoms. The van der Waals surface area contributed by atoms with Crippen molar-refractivity contribution in [3.05, 3.63) is 78.4 Å². The summed E-state index contributed by atoms with van der Waals surface area (Å²) in [4.78, 5) is 14.8. The van der Waals surface area contributed by atoms with Crippen molar-refractivity contribution in [3.63, 3.8) is 0 Å². The number of nitrogens with zero attached hydrogens (tertiary/aromatic N) is 1. The van der Waals surface area contributed by atoms with Crippen molar-refractivity contribution in [2.45, 2.75) is 69.4 Å². The van der Waals surface area contributed by atoms with Gasteiger partial charge >= 0.3 is 6.09 Å². The van der Waals surface area contributed by atoms with Crippen LogP contribution in [0.4, 0.5) is 4.79 Å². The molecule has 2 atom stereocenters. The van der Waals surface area contributed by atoms with Crippen LogP contribution >= 0.6 is 0 Å². The van der Waals surface area contributed by atoms with Crippen LogP contribution in [0.15, 0.2) is 72.1 Å². The predicted octanol–water partition coefficient (Wildman–Crippen LogP) is 5.71. The van der Waals surface area contributed by atoms with E-state index in [4.69, 9.17) is 4.74 Å². The Morgan fingerprint density at radius 2 is 1.55 bits per heavy atom. The van der Waals surface area contributed by atoms with Crippen molar-refractivity contribution in [2.75, 3.05) is 0 Å². The highest BCUT2D eigenvalue weighted by Gasteiger charge is 2.40. The lowest BCUT2D eigenvalue weighted by Crippen LogP contribution is -2.45. The van der Waals surface area contributed by atoms with E-state index in [9.17, 15) is 13.2 Å². The van der Waals surface area contributed by atoms with Gasteiger partial charge in [0.05, 0.1) is 4.90 Å². The molecule has 31 heavy (non-hydrogen) atoms. The van der Waals surface area contributed by atoms with Crippen LogP contribution in [0, 0.1) is 6.92 Å². The van der Waals surface area contributed by atoms with Gasteiger partial charge in [-0.1, -0.05) is 54.1 Å². The summed E-state index contributed by atoms with van der Waals surface area (Å²) in [5, 5.41) is 0. The Morgan fingerprint density at radius 3 is 2.03 bits per heavy atom. The first kappa shape index (κ1) is 24.7. The van der Waals surface area contributed by atoms with Crippen molar-refractivity contribution in [2.24, 2.45) is 0 Å². The predicted molar refractivity (Wildman–Crippen MR) is 125 cm³/mol. The standard InChI is InChI=1S/C25H33NO4S/c1-7-11-23(21-12-9-8-10-13-21)24(30-25(27)26(18(2)3)19(4)5)31(28,29)22-16-14-20(6)15-17-22/h7-10,12-19,23-24H,1,11H2,2-6H3/t23-,24+/m1/s1. The van der Waals surface area contributed by atoms with E-state index in [1.807, 2.05) is 65.0 Å². The average molecular weight is 444 g/mol. The quantitative estimate of drug-likeness (QED) is 0.466. The zero-order chi connectivity index (χ0) is 23.2. The zero-order valence-electron chi connectivity index (χ0n) is 19.0. The third-order valence-electron chi connectivity index (χ3n) is 5.17. The van der Waals surface area contributed by atoms with Crippen molar-refractivity contribution in [1.29, 1.82) is 0 Å². The third kappa shape index (κ3) is 5.97. The van der Waals surface area contributed by atoms with Crippen molar-refractivity contribution < 1.29 is 17.9 Å². The number of ether oxygens (including phenoxy) is 1. The Bertz CT molecular complexity index is 958. The minimum Gasteiger partial charge on any atom is -0.429 e. The highest BCUT2D eigenvalue weighted by atomic mass is 32.2. The molecule has 0 aliphatic heterocycles. The van der Waals surface area contributed by atoms with Crippen LogP contribution in [-0.2, 0) is 14.6 Å². The number of benzene rings is 2. The van der Waals surface area contributed by atoms with E-state index in [-0.39, 0.29) is 17.0 Å². The molecule has 0 aromatic heterocycles. The van der Waals surface area contributed by atoms with E-state index in [0.717, 1.165) is 11.1 Å². The molecule has 0 unspecified atom stereocenters. The number of hydrogen-bond donors (Lipinski definition) is 0. The first-order valence-electron chi connectivity index (χ1n) is 10.5. The number of carbonyl (C=O) groups is 1. The molecular weight excluding hydrogens is 410 g/mol. The smallest absolute Gasteiger partial charge is 0.411 e. The largest absolute Gasteiger partial charge is 0.429 e. The van der Waals surface area contributed by atoms with Crippen LogP contribution in [0.25, 0.3) is 0 Å². The molecule has 0 fully saturated rings. The fourth-order valence-corrected chi connectivity index (χ4v) is 5.38. The Hall–Kier alpha value is -2.60. The maximum absolute atomic E-state index is 13.7. The lowest BCUT2D eigenvalue weighted by Gasteiger charge is -2.33. The van der Waals surface area contributed by atoms with E-state index in [0.29, 0.717) is 6.42 Å². The number of sulfone groups is 1. The molecule has 0 aliphatic rings. The topological polar surface area (TPSA) is 63.7 Å². The molecule has 2 rings (SSSR count). The van der Waals surface area contributed by atoms with Crippen LogP contribution in [0.2, 0.25) is 0 Å². The molecule has 2 aromatic carbocycles. The fraction of sp³-hybridized carbons (Fsp3) is 0.400. The van der Waals surface area contributed by atoms with E-state index in [1.165, 1.54) is 0 Å². The summed E-state index contributed by atoms with van der Waals surface area (Å²) < 4.78 is 33.2. The number of rotatable bonds is 9. The van der Waals surface area contributed by atoms with Crippen LogP contribution in [0.5, 0.6) is 0 Å². The molecule has 0 saturated carbocycles. The molecule has 1 amide bonds. The Labute approximate surface area is 186 Å². The molecule has 2 aromatic rings. The van der Waals surface area contributed by atoms with E-state index >= 15 is 0 Å². The summed E-state index contributed by atoms with van der Waals surface area (Å²) in [6, 6.07) is 15.6. The van der Waals surface area contributed by atoms with Gasteiger partial charge in [-0.3, -0.25) is 0 Å². The zero-order valence-corrected chi connectivity index (χ0v) is 19.8. The third-order valence-corrected chi connectivity index (χ3v) is 7.14. The molecule has 0 saturated heterocycles. The number of carbonyl (C=O) groups excluding carboxylic acids is 1. The Morgan fingerprint density at radius 1 is 1.00 bits per heavy atom. The van der Waals surface area contributed by atoms with Gasteiger partial charge in [0.2, 0.25) is 15.3 Å². The Balaban J connectivity index is 2.58. The summed E-state index contributed by atoms with van der Waals surface area (Å²) in [6.07, 6.45) is 1.36. The highest BCUT2D eigenvalue weighted by Crippen LogP contribution is 2.33. The fourth-order valence-electron chi connectivity index (χ4n) is 3.69. The summed E-state index contributed by atoms with van der Waals surface area (Å²) in [6.45, 7) is 13.2. The van der Waals surface area contributed by atoms with Crippen molar-refractivity contribution >= 4 is 15.9 Å². The number of allylic oxidation sites excluding steroid dienone is 1. The van der Waals surface area contributed by atoms with E-state index in [2.05, 4.69) is 6.58 Å². The van der Waals surface area contributed by atoms with Gasteiger partial charge in [-0.15, -0.1) is 6.58 Å². The molecule has 5 nitrogen and oxygen atoms in total. The minimum atomic E-state index is -3.98. The summed E-state index contributed by atoms with van der Waals surface area (Å²) in [5.41, 5.74) is 0.337. The SMILES string of the molecule is C=CC[C@H](c1ccccc1)[C@@H](OC(=O)N(C(C)C)C(C)C)S(=O)(=O)c1ccc(C)cc1. The molecule has 0 radical (unpaired) electrons. The molecule has 168 valence electrons. The molecular formula is C25H33NO4S. The van der Waals surface area contributed by atoms with Crippen LogP contribution in [-0.4, -0.2) is 36.9 Å². The first-order valence-corrected chi connectivity index (χ1v) is 12.1. The number of amides is 1. The van der Waals surface area contributed by atoms with Gasteiger partial charge in [0, 0.05) is 18.0 Å². The number of aryl methyl sites for hydroxylation is 1. The lowest BCUT2D eigenvalue weighted by molar-refractivity contribution is 0.0613. The minimum absolute atomic E-state index is 0.126. The second-order valence-electron chi connectivity index (χ2n) is 8.25. The average Bonchev–Trinajstić information content (AvgIpc) is 2.71. The van der Waals surface area contributed by atoms with Crippen molar-refractivity contribution in [3.8, 4) is 0 Å². The van der Waals surface area contributed by atoms with Crippen molar-refractivity contribution in [1.82, 2.24) is 4.90 Å². The summed E-state index contributed by atoms with van der Waals surface area (Å²) in [7, 11) is -3.98. The highest BCUT2D eigenvalue weighted by molar-refractivity contribution is 7.92. The maximum Gasteiger partial charge on any atom is 0.411 e. The van der Waals surface area contributed by atoms with Gasteiger partial charge in [-0.05, 0) is 58.7 Å². The lowest BCUT2D eigenvalue weighted by atomic mass is 9.96. The van der Waals surface area contributed by atoms with E-state index in [1.54, 1.807) is 35.2 Å². The molecule has 0 heterocycles. The van der Waals surface area contributed by atoms with Gasteiger partial charge in [-0.25, -0.2) is 13.2 Å². The van der Waals surface area contributed by atoms with E-state index < -0.39 is 27.3 Å². The van der Waals surface area contributed by atoms with Gasteiger partial charge in [0.1, 0.15) is 0 Å². The molecule has 0 aliphatic carbocycles. The normalized spacial score (nSPS) is 13.6. The van der Waals surface area contributed by atoms with Gasteiger partial charge in [-0.2, -0.15) is 0 Å². The van der Waals surface area contributed by atoms with Gasteiger partial charge < -0.3 is 9.64 Å². The Kier molecular flexibility index (Phi) is 8.45. The first-order chi connectivity index (χ1) is 14.6. The molecule has 0 N–H and O–H groups in total. The van der Waals surface area contributed by atoms with Gasteiger partial charge in [0.25, 0.3) is 0 Å². The van der Waals surface area contributed by atoms with Crippen LogP contribution < -0.4 is 0 Å². The second kappa shape index (κ2) is 10.6. The van der Waals surface area contributed by atoms with Crippen LogP contribution in [0.3, 0.4) is 0 Å².